The number of aromatic nitrogens is 2. The van der Waals surface area contributed by atoms with Crippen molar-refractivity contribution in [3.63, 3.8) is 0 Å². The van der Waals surface area contributed by atoms with Crippen molar-refractivity contribution in [2.45, 2.75) is 32.2 Å². The Kier molecular flexibility index (Phi) is 5.05. The van der Waals surface area contributed by atoms with Crippen LogP contribution < -0.4 is 0 Å². The van der Waals surface area contributed by atoms with Gasteiger partial charge in [-0.05, 0) is 74.7 Å². The van der Waals surface area contributed by atoms with Crippen LogP contribution in [0.2, 0.25) is 5.02 Å². The molecule has 5 heteroatoms. The van der Waals surface area contributed by atoms with E-state index in [9.17, 15) is 0 Å². The molecule has 0 unspecified atom stereocenters. The Balaban J connectivity index is 1.41. The minimum absolute atomic E-state index is 0.634. The maximum atomic E-state index is 6.08. The molecule has 134 valence electrons. The molecule has 4 rings (SSSR count). The molecule has 26 heavy (non-hydrogen) atoms. The number of hydrogen-bond acceptors (Lipinski definition) is 4. The van der Waals surface area contributed by atoms with Crippen LogP contribution in [0.5, 0.6) is 0 Å². The summed E-state index contributed by atoms with van der Waals surface area (Å²) in [4.78, 5) is 11.3. The van der Waals surface area contributed by atoms with Gasteiger partial charge in [0.25, 0.3) is 0 Å². The zero-order valence-corrected chi connectivity index (χ0v) is 15.6. The first-order valence-corrected chi connectivity index (χ1v) is 9.41. The van der Waals surface area contributed by atoms with Gasteiger partial charge in [0.2, 0.25) is 5.89 Å². The Hall–Kier alpha value is -2.17. The largest absolute Gasteiger partial charge is 0.441 e. The van der Waals surface area contributed by atoms with Crippen molar-refractivity contribution in [3.8, 4) is 11.5 Å². The molecule has 0 spiro atoms. The fourth-order valence-electron chi connectivity index (χ4n) is 3.59. The van der Waals surface area contributed by atoms with E-state index >= 15 is 0 Å². The highest BCUT2D eigenvalue weighted by molar-refractivity contribution is 6.30. The highest BCUT2D eigenvalue weighted by atomic mass is 35.5. The molecule has 3 heterocycles. The Labute approximate surface area is 158 Å². The smallest absolute Gasteiger partial charge is 0.226 e. The molecule has 0 atom stereocenters. The summed E-state index contributed by atoms with van der Waals surface area (Å²) in [6.07, 6.45) is 6.11. The summed E-state index contributed by atoms with van der Waals surface area (Å²) in [6, 6.07) is 11.9. The molecule has 0 saturated carbocycles. The van der Waals surface area contributed by atoms with Gasteiger partial charge in [-0.1, -0.05) is 17.7 Å². The fourth-order valence-corrected chi connectivity index (χ4v) is 3.78. The second kappa shape index (κ2) is 7.60. The average Bonchev–Trinajstić information content (AvgIpc) is 3.04. The van der Waals surface area contributed by atoms with Crippen LogP contribution in [0.15, 0.2) is 53.2 Å². The maximum Gasteiger partial charge on any atom is 0.226 e. The molecule has 0 aliphatic carbocycles. The van der Waals surface area contributed by atoms with Crippen molar-refractivity contribution in [2.75, 3.05) is 13.1 Å². The fraction of sp³-hybridized carbons (Fsp3) is 0.333. The Morgan fingerprint density at radius 2 is 1.92 bits per heavy atom. The van der Waals surface area contributed by atoms with E-state index in [0.717, 1.165) is 36.7 Å². The normalized spacial score (nSPS) is 16.1. The highest BCUT2D eigenvalue weighted by Crippen LogP contribution is 2.29. The van der Waals surface area contributed by atoms with Crippen molar-refractivity contribution in [1.82, 2.24) is 14.9 Å². The number of aryl methyl sites for hydroxylation is 1. The van der Waals surface area contributed by atoms with Gasteiger partial charge in [-0.15, -0.1) is 0 Å². The van der Waals surface area contributed by atoms with Crippen LogP contribution in [0.4, 0.5) is 0 Å². The summed E-state index contributed by atoms with van der Waals surface area (Å²) in [5.41, 5.74) is 3.34. The predicted octanol–water partition coefficient (Wildman–Crippen LogP) is 5.08. The second-order valence-corrected chi connectivity index (χ2v) is 7.30. The predicted molar refractivity (Wildman–Crippen MR) is 103 cm³/mol. The monoisotopic (exact) mass is 367 g/mol. The molecule has 1 aliphatic rings. The molecule has 1 aliphatic heterocycles. The highest BCUT2D eigenvalue weighted by Gasteiger charge is 2.22. The topological polar surface area (TPSA) is 42.2 Å². The molecule has 3 aromatic rings. The van der Waals surface area contributed by atoms with Gasteiger partial charge in [0, 0.05) is 29.5 Å². The van der Waals surface area contributed by atoms with Gasteiger partial charge < -0.3 is 4.42 Å². The molecule has 0 bridgehead atoms. The van der Waals surface area contributed by atoms with Gasteiger partial charge in [-0.25, -0.2) is 4.98 Å². The molecule has 0 amide bonds. The third-order valence-electron chi connectivity index (χ3n) is 5.10. The number of benzene rings is 1. The van der Waals surface area contributed by atoms with E-state index in [2.05, 4.69) is 22.0 Å². The van der Waals surface area contributed by atoms with Crippen LogP contribution in [0, 0.1) is 6.92 Å². The third-order valence-corrected chi connectivity index (χ3v) is 5.34. The number of nitrogens with zero attached hydrogens (tertiary/aromatic N) is 3. The van der Waals surface area contributed by atoms with Crippen molar-refractivity contribution in [3.05, 3.63) is 70.8 Å². The molecule has 1 fully saturated rings. The first kappa shape index (κ1) is 17.3. The molecule has 1 aromatic carbocycles. The van der Waals surface area contributed by atoms with E-state index in [1.165, 1.54) is 18.4 Å². The second-order valence-electron chi connectivity index (χ2n) is 6.86. The lowest BCUT2D eigenvalue weighted by atomic mass is 9.90. The number of halogens is 1. The lowest BCUT2D eigenvalue weighted by molar-refractivity contribution is 0.202. The average molecular weight is 368 g/mol. The van der Waals surface area contributed by atoms with E-state index in [0.29, 0.717) is 16.8 Å². The number of oxazole rings is 1. The number of rotatable bonds is 4. The number of piperidine rings is 1. The standard InChI is InChI=1S/C21H22ClN3O/c1-15-20(24-21(26-15)18-3-2-4-19(22)13-18)14-25-11-7-17(8-12-25)16-5-9-23-10-6-16/h2-6,9-10,13,17H,7-8,11-12,14H2,1H3. The number of hydrogen-bond donors (Lipinski definition) is 0. The maximum absolute atomic E-state index is 6.08. The number of pyridine rings is 1. The molecule has 4 nitrogen and oxygen atoms in total. The summed E-state index contributed by atoms with van der Waals surface area (Å²) in [5.74, 6) is 2.16. The van der Waals surface area contributed by atoms with Gasteiger partial charge in [0.15, 0.2) is 0 Å². The zero-order valence-electron chi connectivity index (χ0n) is 14.9. The van der Waals surface area contributed by atoms with Gasteiger partial charge in [0.1, 0.15) is 5.76 Å². The third kappa shape index (κ3) is 3.81. The van der Waals surface area contributed by atoms with Gasteiger partial charge in [-0.2, -0.15) is 0 Å². The minimum Gasteiger partial charge on any atom is -0.441 e. The summed E-state index contributed by atoms with van der Waals surface area (Å²) in [5, 5.41) is 0.693. The number of likely N-dealkylation sites (tertiary alicyclic amines) is 1. The minimum atomic E-state index is 0.634. The molecular weight excluding hydrogens is 346 g/mol. The first-order valence-electron chi connectivity index (χ1n) is 9.03. The van der Waals surface area contributed by atoms with Gasteiger partial charge in [0.05, 0.1) is 5.69 Å². The van der Waals surface area contributed by atoms with Crippen LogP contribution >= 0.6 is 11.6 Å². The van der Waals surface area contributed by atoms with Crippen molar-refractivity contribution in [1.29, 1.82) is 0 Å². The van der Waals surface area contributed by atoms with Crippen LogP contribution in [0.25, 0.3) is 11.5 Å². The van der Waals surface area contributed by atoms with Crippen molar-refractivity contribution in [2.24, 2.45) is 0 Å². The summed E-state index contributed by atoms with van der Waals surface area (Å²) in [6.45, 7) is 4.97. The quantitative estimate of drug-likeness (QED) is 0.645. The van der Waals surface area contributed by atoms with Crippen LogP contribution in [-0.4, -0.2) is 28.0 Å². The molecular formula is C21H22ClN3O. The van der Waals surface area contributed by atoms with E-state index < -0.39 is 0 Å². The van der Waals surface area contributed by atoms with Crippen molar-refractivity contribution < 1.29 is 4.42 Å². The molecule has 1 saturated heterocycles. The van der Waals surface area contributed by atoms with E-state index in [1.54, 1.807) is 0 Å². The van der Waals surface area contributed by atoms with Crippen LogP contribution in [0.3, 0.4) is 0 Å². The van der Waals surface area contributed by atoms with Crippen LogP contribution in [0.1, 0.15) is 35.8 Å². The van der Waals surface area contributed by atoms with Crippen molar-refractivity contribution >= 4 is 11.6 Å². The molecule has 2 aromatic heterocycles. The lowest BCUT2D eigenvalue weighted by Crippen LogP contribution is -2.32. The van der Waals surface area contributed by atoms with Gasteiger partial charge >= 0.3 is 0 Å². The Morgan fingerprint density at radius 3 is 2.65 bits per heavy atom. The zero-order chi connectivity index (χ0) is 17.9. The van der Waals surface area contributed by atoms with E-state index in [4.69, 9.17) is 21.0 Å². The summed E-state index contributed by atoms with van der Waals surface area (Å²) >= 11 is 6.08. The van der Waals surface area contributed by atoms with Crippen LogP contribution in [-0.2, 0) is 6.54 Å². The lowest BCUT2D eigenvalue weighted by Gasteiger charge is -2.31. The molecule has 0 N–H and O–H groups in total. The Bertz CT molecular complexity index is 870. The summed E-state index contributed by atoms with van der Waals surface area (Å²) in [7, 11) is 0. The van der Waals surface area contributed by atoms with Gasteiger partial charge in [-0.3, -0.25) is 9.88 Å². The molecule has 0 radical (unpaired) electrons. The first-order chi connectivity index (χ1) is 12.7. The SMILES string of the molecule is Cc1oc(-c2cccc(Cl)c2)nc1CN1CCC(c2ccncc2)CC1. The van der Waals surface area contributed by atoms with E-state index in [-0.39, 0.29) is 0 Å². The summed E-state index contributed by atoms with van der Waals surface area (Å²) < 4.78 is 5.88. The van der Waals surface area contributed by atoms with E-state index in [1.807, 2.05) is 43.6 Å². The Morgan fingerprint density at radius 1 is 1.15 bits per heavy atom.